The molecule has 0 aromatic rings. The molecule has 0 aromatic heterocycles. The second kappa shape index (κ2) is 8.05. The Hall–Kier alpha value is -0.570. The maximum atomic E-state index is 11.2. The van der Waals surface area contributed by atoms with E-state index in [0.717, 1.165) is 32.4 Å². The molecule has 3 heteroatoms. The second-order valence-corrected chi connectivity index (χ2v) is 3.80. The van der Waals surface area contributed by atoms with E-state index in [2.05, 4.69) is 19.2 Å². The molecule has 0 spiro atoms. The van der Waals surface area contributed by atoms with Gasteiger partial charge in [-0.3, -0.25) is 4.79 Å². The zero-order valence-electron chi connectivity index (χ0n) is 8.81. The Kier molecular flexibility index (Phi) is 7.69. The maximum absolute atomic E-state index is 11.2. The number of nitrogens with one attached hydrogen (secondary N) is 1. The van der Waals surface area contributed by atoms with Crippen LogP contribution >= 0.6 is 0 Å². The molecule has 0 radical (unpaired) electrons. The van der Waals surface area contributed by atoms with Gasteiger partial charge >= 0.3 is 0 Å². The number of rotatable bonds is 7. The third-order valence-electron chi connectivity index (χ3n) is 1.82. The maximum Gasteiger partial charge on any atom is 0.220 e. The van der Waals surface area contributed by atoms with Crippen LogP contribution in [0.3, 0.4) is 0 Å². The van der Waals surface area contributed by atoms with Crippen molar-refractivity contribution >= 4 is 5.91 Å². The van der Waals surface area contributed by atoms with Gasteiger partial charge in [0.15, 0.2) is 0 Å². The summed E-state index contributed by atoms with van der Waals surface area (Å²) in [6.45, 7) is 5.70. The van der Waals surface area contributed by atoms with Gasteiger partial charge in [0.25, 0.3) is 0 Å². The van der Waals surface area contributed by atoms with Crippen molar-refractivity contribution in [2.45, 2.75) is 39.5 Å². The molecular weight excluding hydrogens is 164 g/mol. The highest BCUT2D eigenvalue weighted by molar-refractivity contribution is 5.75. The lowest BCUT2D eigenvalue weighted by Gasteiger charge is -2.06. The minimum absolute atomic E-state index is 0.172. The Morgan fingerprint density at radius 3 is 2.54 bits per heavy atom. The highest BCUT2D eigenvalue weighted by Gasteiger charge is 2.00. The quantitative estimate of drug-likeness (QED) is 0.588. The van der Waals surface area contributed by atoms with E-state index in [9.17, 15) is 4.79 Å². The molecular formula is C10H22N2O. The van der Waals surface area contributed by atoms with Crippen LogP contribution in [0.1, 0.15) is 39.5 Å². The van der Waals surface area contributed by atoms with E-state index in [1.807, 2.05) is 0 Å². The van der Waals surface area contributed by atoms with E-state index in [1.54, 1.807) is 0 Å². The zero-order chi connectivity index (χ0) is 10.1. The molecule has 0 aromatic carbocycles. The average Bonchev–Trinajstić information content (AvgIpc) is 2.09. The van der Waals surface area contributed by atoms with Crippen LogP contribution in [0, 0.1) is 5.92 Å². The lowest BCUT2D eigenvalue weighted by atomic mass is 10.2. The molecule has 0 unspecified atom stereocenters. The largest absolute Gasteiger partial charge is 0.356 e. The first kappa shape index (κ1) is 12.4. The zero-order valence-corrected chi connectivity index (χ0v) is 8.81. The van der Waals surface area contributed by atoms with Crippen LogP contribution in [0.25, 0.3) is 0 Å². The Morgan fingerprint density at radius 2 is 2.00 bits per heavy atom. The smallest absolute Gasteiger partial charge is 0.220 e. The van der Waals surface area contributed by atoms with Crippen molar-refractivity contribution in [2.24, 2.45) is 11.7 Å². The summed E-state index contributed by atoms with van der Waals surface area (Å²) in [5.41, 5.74) is 5.34. The lowest BCUT2D eigenvalue weighted by Crippen LogP contribution is -2.26. The topological polar surface area (TPSA) is 55.1 Å². The summed E-state index contributed by atoms with van der Waals surface area (Å²) in [6, 6.07) is 0. The Bertz CT molecular complexity index is 135. The predicted octanol–water partition coefficient (Wildman–Crippen LogP) is 1.28. The van der Waals surface area contributed by atoms with E-state index >= 15 is 0 Å². The van der Waals surface area contributed by atoms with Crippen molar-refractivity contribution in [1.82, 2.24) is 5.32 Å². The fourth-order valence-corrected chi connectivity index (χ4v) is 1.01. The number of nitrogens with two attached hydrogens (primary N) is 1. The van der Waals surface area contributed by atoms with Crippen molar-refractivity contribution in [2.75, 3.05) is 13.1 Å². The number of carbonyl (C=O) groups excluding carboxylic acids is 1. The van der Waals surface area contributed by atoms with E-state index in [1.165, 1.54) is 0 Å². The third-order valence-corrected chi connectivity index (χ3v) is 1.82. The van der Waals surface area contributed by atoms with Crippen LogP contribution in [0.5, 0.6) is 0 Å². The van der Waals surface area contributed by atoms with Gasteiger partial charge in [-0.15, -0.1) is 0 Å². The fourth-order valence-electron chi connectivity index (χ4n) is 1.01. The highest BCUT2D eigenvalue weighted by Crippen LogP contribution is 1.98. The molecule has 3 nitrogen and oxygen atoms in total. The van der Waals surface area contributed by atoms with Gasteiger partial charge in [-0.2, -0.15) is 0 Å². The van der Waals surface area contributed by atoms with Gasteiger partial charge < -0.3 is 11.1 Å². The molecule has 0 aliphatic carbocycles. The molecule has 1 amide bonds. The molecule has 0 bridgehead atoms. The predicted molar refractivity (Wildman–Crippen MR) is 55.4 cm³/mol. The van der Waals surface area contributed by atoms with E-state index < -0.39 is 0 Å². The van der Waals surface area contributed by atoms with Gasteiger partial charge in [-0.05, 0) is 25.3 Å². The Labute approximate surface area is 81.1 Å². The standard InChI is InChI=1S/C10H22N2O/c1-9(2)8-12-10(13)6-4-3-5-7-11/h9H,3-8,11H2,1-2H3,(H,12,13). The fraction of sp³-hybridized carbons (Fsp3) is 0.900. The van der Waals surface area contributed by atoms with E-state index in [0.29, 0.717) is 12.3 Å². The van der Waals surface area contributed by atoms with Crippen molar-refractivity contribution < 1.29 is 4.79 Å². The Balaban J connectivity index is 3.20. The first-order valence-corrected chi connectivity index (χ1v) is 5.13. The summed E-state index contributed by atoms with van der Waals surface area (Å²) in [4.78, 5) is 11.2. The van der Waals surface area contributed by atoms with Crippen molar-refractivity contribution in [3.05, 3.63) is 0 Å². The number of hydrogen-bond acceptors (Lipinski definition) is 2. The van der Waals surface area contributed by atoms with Crippen LogP contribution in [-0.2, 0) is 4.79 Å². The van der Waals surface area contributed by atoms with Crippen LogP contribution in [0.4, 0.5) is 0 Å². The number of carbonyl (C=O) groups is 1. The van der Waals surface area contributed by atoms with Crippen LogP contribution in [-0.4, -0.2) is 19.0 Å². The van der Waals surface area contributed by atoms with Crippen molar-refractivity contribution in [3.63, 3.8) is 0 Å². The number of unbranched alkanes of at least 4 members (excludes halogenated alkanes) is 2. The molecule has 0 fully saturated rings. The van der Waals surface area contributed by atoms with Crippen LogP contribution in [0.15, 0.2) is 0 Å². The molecule has 0 heterocycles. The summed E-state index contributed by atoms with van der Waals surface area (Å²) in [6.07, 6.45) is 3.69. The van der Waals surface area contributed by atoms with Crippen molar-refractivity contribution in [1.29, 1.82) is 0 Å². The molecule has 13 heavy (non-hydrogen) atoms. The monoisotopic (exact) mass is 186 g/mol. The second-order valence-electron chi connectivity index (χ2n) is 3.80. The minimum Gasteiger partial charge on any atom is -0.356 e. The first-order chi connectivity index (χ1) is 6.16. The SMILES string of the molecule is CC(C)CNC(=O)CCCCCN. The third kappa shape index (κ3) is 9.34. The number of hydrogen-bond donors (Lipinski definition) is 2. The molecule has 0 rings (SSSR count). The van der Waals surface area contributed by atoms with Crippen LogP contribution in [0.2, 0.25) is 0 Å². The molecule has 0 saturated carbocycles. The summed E-state index contributed by atoms with van der Waals surface area (Å²) in [7, 11) is 0. The molecule has 3 N–H and O–H groups in total. The number of amides is 1. The van der Waals surface area contributed by atoms with Gasteiger partial charge in [-0.1, -0.05) is 20.3 Å². The summed E-state index contributed by atoms with van der Waals surface area (Å²) in [5, 5.41) is 2.89. The summed E-state index contributed by atoms with van der Waals surface area (Å²) in [5.74, 6) is 0.707. The molecule has 0 atom stereocenters. The first-order valence-electron chi connectivity index (χ1n) is 5.13. The average molecular weight is 186 g/mol. The van der Waals surface area contributed by atoms with Crippen molar-refractivity contribution in [3.8, 4) is 0 Å². The summed E-state index contributed by atoms with van der Waals surface area (Å²) >= 11 is 0. The van der Waals surface area contributed by atoms with E-state index in [-0.39, 0.29) is 5.91 Å². The van der Waals surface area contributed by atoms with Gasteiger partial charge in [-0.25, -0.2) is 0 Å². The van der Waals surface area contributed by atoms with Crippen LogP contribution < -0.4 is 11.1 Å². The summed E-state index contributed by atoms with van der Waals surface area (Å²) < 4.78 is 0. The van der Waals surface area contributed by atoms with Gasteiger partial charge in [0.05, 0.1) is 0 Å². The van der Waals surface area contributed by atoms with Gasteiger partial charge in [0, 0.05) is 13.0 Å². The Morgan fingerprint density at radius 1 is 1.31 bits per heavy atom. The lowest BCUT2D eigenvalue weighted by molar-refractivity contribution is -0.121. The molecule has 78 valence electrons. The highest BCUT2D eigenvalue weighted by atomic mass is 16.1. The normalized spacial score (nSPS) is 10.5. The molecule has 0 aliphatic heterocycles. The molecule has 0 aliphatic rings. The van der Waals surface area contributed by atoms with E-state index in [4.69, 9.17) is 5.73 Å². The molecule has 0 saturated heterocycles. The minimum atomic E-state index is 0.172. The van der Waals surface area contributed by atoms with Gasteiger partial charge in [0.1, 0.15) is 0 Å². The van der Waals surface area contributed by atoms with Gasteiger partial charge in [0.2, 0.25) is 5.91 Å².